The van der Waals surface area contributed by atoms with Crippen molar-refractivity contribution >= 4 is 73.7 Å². The number of benzene rings is 2. The summed E-state index contributed by atoms with van der Waals surface area (Å²) in [5.41, 5.74) is 7.16. The summed E-state index contributed by atoms with van der Waals surface area (Å²) in [6.45, 7) is 1.74. The van der Waals surface area contributed by atoms with Crippen LogP contribution in [0.4, 0.5) is 0 Å². The fraction of sp³-hybridized carbons (Fsp3) is 0.316. The van der Waals surface area contributed by atoms with Gasteiger partial charge in [-0.15, -0.1) is 0 Å². The van der Waals surface area contributed by atoms with Crippen LogP contribution in [0.2, 0.25) is 0 Å². The zero-order valence-corrected chi connectivity index (χ0v) is 20.1. The van der Waals surface area contributed by atoms with E-state index in [2.05, 4.69) is 73.1 Å². The highest BCUT2D eigenvalue weighted by Crippen LogP contribution is 2.41. The molecular weight excluding hydrogens is 653 g/mol. The second kappa shape index (κ2) is 10.4. The van der Waals surface area contributed by atoms with Crippen molar-refractivity contribution < 1.29 is 4.79 Å². The molecule has 1 fully saturated rings. The molecule has 1 saturated heterocycles. The zero-order valence-electron chi connectivity index (χ0n) is 13.7. The maximum atomic E-state index is 12.6. The van der Waals surface area contributed by atoms with Gasteiger partial charge in [-0.2, -0.15) is 0 Å². The molecule has 1 aliphatic heterocycles. The standard InChI is InChI=1S/C18H20N2O.CHI3/c19-17(21)18(16-11-12-20-13-16,14-7-3-1-4-8-14)15-9-5-2-6-10-15;2-1(3)4/h1-10,16,20H,11-13H2,(H2,19,21);1H/t16-;/m1./s1. The Hall–Kier alpha value is 0.0600. The fourth-order valence-corrected chi connectivity index (χ4v) is 3.55. The summed E-state index contributed by atoms with van der Waals surface area (Å²) in [5.74, 6) is -0.0894. The number of halogens is 3. The molecule has 0 radical (unpaired) electrons. The number of rotatable bonds is 4. The van der Waals surface area contributed by atoms with Crippen molar-refractivity contribution in [1.29, 1.82) is 0 Å². The molecule has 0 bridgehead atoms. The van der Waals surface area contributed by atoms with E-state index in [9.17, 15) is 4.79 Å². The molecule has 3 N–H and O–H groups in total. The molecule has 1 heterocycles. The van der Waals surface area contributed by atoms with Gasteiger partial charge in [-0.1, -0.05) is 128 Å². The van der Waals surface area contributed by atoms with Gasteiger partial charge in [0.05, 0.1) is 0 Å². The van der Waals surface area contributed by atoms with Gasteiger partial charge in [0.1, 0.15) is 5.35 Å². The molecule has 134 valence electrons. The van der Waals surface area contributed by atoms with Gasteiger partial charge in [-0.25, -0.2) is 0 Å². The van der Waals surface area contributed by atoms with Crippen molar-refractivity contribution in [3.63, 3.8) is 0 Å². The lowest BCUT2D eigenvalue weighted by atomic mass is 9.65. The van der Waals surface area contributed by atoms with E-state index in [1.54, 1.807) is 0 Å². The number of amides is 1. The van der Waals surface area contributed by atoms with Crippen LogP contribution >= 0.6 is 67.8 Å². The van der Waals surface area contributed by atoms with Gasteiger partial charge < -0.3 is 11.1 Å². The van der Waals surface area contributed by atoms with Crippen LogP contribution in [0.3, 0.4) is 0 Å². The molecule has 0 aromatic heterocycles. The van der Waals surface area contributed by atoms with E-state index in [0.29, 0.717) is 0 Å². The van der Waals surface area contributed by atoms with E-state index in [0.717, 1.165) is 30.6 Å². The van der Waals surface area contributed by atoms with Crippen molar-refractivity contribution in [1.82, 2.24) is 5.32 Å². The van der Waals surface area contributed by atoms with Gasteiger partial charge in [0.15, 0.2) is 0 Å². The molecule has 3 nitrogen and oxygen atoms in total. The second-order valence-corrected chi connectivity index (χ2v) is 16.7. The van der Waals surface area contributed by atoms with Crippen molar-refractivity contribution in [3.8, 4) is 0 Å². The van der Waals surface area contributed by atoms with E-state index < -0.39 is 5.41 Å². The Morgan fingerprint density at radius 1 is 1.00 bits per heavy atom. The highest BCUT2D eigenvalue weighted by atomic mass is 127. The number of hydrogen-bond donors (Lipinski definition) is 2. The number of carbonyl (C=O) groups excluding carboxylic acids is 1. The van der Waals surface area contributed by atoms with Gasteiger partial charge in [-0.3, -0.25) is 4.79 Å². The van der Waals surface area contributed by atoms with E-state index in [4.69, 9.17) is 5.73 Å². The Morgan fingerprint density at radius 3 is 1.76 bits per heavy atom. The number of primary amides is 1. The van der Waals surface area contributed by atoms with Crippen LogP contribution in [-0.4, -0.2) is 18.9 Å². The molecule has 0 aliphatic carbocycles. The molecule has 25 heavy (non-hydrogen) atoms. The zero-order chi connectivity index (χ0) is 18.3. The predicted octanol–water partition coefficient (Wildman–Crippen LogP) is 4.64. The maximum Gasteiger partial charge on any atom is 0.232 e. The lowest BCUT2D eigenvalue weighted by molar-refractivity contribution is -0.123. The van der Waals surface area contributed by atoms with Crippen molar-refractivity contribution in [3.05, 3.63) is 71.8 Å². The van der Waals surface area contributed by atoms with Gasteiger partial charge >= 0.3 is 0 Å². The van der Waals surface area contributed by atoms with Crippen LogP contribution in [0.25, 0.3) is 0 Å². The average Bonchev–Trinajstić information content (AvgIpc) is 3.11. The van der Waals surface area contributed by atoms with Crippen molar-refractivity contribution in [2.24, 2.45) is 11.7 Å². The summed E-state index contributed by atoms with van der Waals surface area (Å²) < 4.78 is 0.743. The lowest BCUT2D eigenvalue weighted by Crippen LogP contribution is -2.49. The Morgan fingerprint density at radius 2 is 1.44 bits per heavy atom. The van der Waals surface area contributed by atoms with Crippen LogP contribution in [0.15, 0.2) is 60.7 Å². The molecule has 0 spiro atoms. The number of hydrogen-bond acceptors (Lipinski definition) is 2. The van der Waals surface area contributed by atoms with Gasteiger partial charge in [0, 0.05) is 0 Å². The Labute approximate surface area is 190 Å². The summed E-state index contributed by atoms with van der Waals surface area (Å²) in [4.78, 5) is 12.6. The molecule has 3 rings (SSSR count). The van der Waals surface area contributed by atoms with Crippen LogP contribution in [-0.2, 0) is 10.2 Å². The third-order valence-electron chi connectivity index (χ3n) is 4.52. The molecule has 6 heteroatoms. The largest absolute Gasteiger partial charge is 0.369 e. The second-order valence-electron chi connectivity index (χ2n) is 5.84. The van der Waals surface area contributed by atoms with Crippen LogP contribution < -0.4 is 11.1 Å². The van der Waals surface area contributed by atoms with Crippen LogP contribution in [0, 0.1) is 5.92 Å². The molecule has 1 amide bonds. The smallest absolute Gasteiger partial charge is 0.232 e. The Balaban J connectivity index is 0.000000511. The van der Waals surface area contributed by atoms with E-state index in [1.807, 2.05) is 60.7 Å². The summed E-state index contributed by atoms with van der Waals surface area (Å²) in [6.07, 6.45) is 0.951. The summed E-state index contributed by atoms with van der Waals surface area (Å²) in [5, 5.41) is 3.36. The maximum absolute atomic E-state index is 12.6. The topological polar surface area (TPSA) is 55.1 Å². The number of nitrogens with one attached hydrogen (secondary N) is 1. The Kier molecular flexibility index (Phi) is 8.89. The fourth-order valence-electron chi connectivity index (χ4n) is 3.55. The normalized spacial score (nSPS) is 17.0. The molecule has 1 atom stereocenters. The van der Waals surface area contributed by atoms with Crippen molar-refractivity contribution in [2.45, 2.75) is 11.8 Å². The first-order valence-electron chi connectivity index (χ1n) is 8.03. The number of alkyl halides is 3. The first kappa shape index (κ1) is 21.4. The van der Waals surface area contributed by atoms with Crippen LogP contribution in [0.1, 0.15) is 17.5 Å². The minimum Gasteiger partial charge on any atom is -0.369 e. The quantitative estimate of drug-likeness (QED) is 0.367. The lowest BCUT2D eigenvalue weighted by Gasteiger charge is -2.37. The number of carbonyl (C=O) groups is 1. The Bertz CT molecular complexity index is 617. The monoisotopic (exact) mass is 674 g/mol. The molecular formula is C19H21I3N2O. The van der Waals surface area contributed by atoms with E-state index in [1.165, 1.54) is 0 Å². The average molecular weight is 674 g/mol. The highest BCUT2D eigenvalue weighted by Gasteiger charge is 2.48. The van der Waals surface area contributed by atoms with Crippen molar-refractivity contribution in [2.75, 3.05) is 13.1 Å². The van der Waals surface area contributed by atoms with E-state index in [-0.39, 0.29) is 11.8 Å². The van der Waals surface area contributed by atoms with Crippen LogP contribution in [0.5, 0.6) is 0 Å². The summed E-state index contributed by atoms with van der Waals surface area (Å²) >= 11 is 6.95. The SMILES string of the molecule is IC(I)I.NC(=O)C(c1ccccc1)(c1ccccc1)[C@@H]1CCNC1. The van der Waals surface area contributed by atoms with Gasteiger partial charge in [0.2, 0.25) is 5.91 Å². The third kappa shape index (κ3) is 5.29. The number of nitrogens with two attached hydrogens (primary N) is 1. The minimum atomic E-state index is -0.758. The summed E-state index contributed by atoms with van der Waals surface area (Å²) in [7, 11) is 0. The first-order chi connectivity index (χ1) is 12.0. The van der Waals surface area contributed by atoms with E-state index >= 15 is 0 Å². The molecule has 0 saturated carbocycles. The highest BCUT2D eigenvalue weighted by molar-refractivity contribution is 14.3. The molecule has 1 aliphatic rings. The molecule has 0 unspecified atom stereocenters. The van der Waals surface area contributed by atoms with Gasteiger partial charge in [-0.05, 0) is 36.6 Å². The van der Waals surface area contributed by atoms with Gasteiger partial charge in [0.25, 0.3) is 0 Å². The molecule has 2 aromatic rings. The molecule has 2 aromatic carbocycles. The minimum absolute atomic E-state index is 0.180. The predicted molar refractivity (Wildman–Crippen MR) is 130 cm³/mol. The third-order valence-corrected chi connectivity index (χ3v) is 4.52. The first-order valence-corrected chi connectivity index (χ1v) is 11.8. The summed E-state index contributed by atoms with van der Waals surface area (Å²) in [6, 6.07) is 19.9.